The van der Waals surface area contributed by atoms with Gasteiger partial charge in [-0.15, -0.1) is 0 Å². The summed E-state index contributed by atoms with van der Waals surface area (Å²) in [6.45, 7) is 3.36. The van der Waals surface area contributed by atoms with Crippen LogP contribution in [0.2, 0.25) is 0 Å². The number of nitrogens with one attached hydrogen (secondary N) is 1. The number of ether oxygens (including phenoxy) is 1. The number of morpholine rings is 1. The molecule has 21 heavy (non-hydrogen) atoms. The number of anilines is 1. The molecule has 1 aliphatic rings. The van der Waals surface area contributed by atoms with Gasteiger partial charge >= 0.3 is 0 Å². The van der Waals surface area contributed by atoms with Crippen molar-refractivity contribution in [3.63, 3.8) is 0 Å². The normalized spacial score (nSPS) is 19.8. The van der Waals surface area contributed by atoms with E-state index in [0.717, 1.165) is 36.3 Å². The van der Waals surface area contributed by atoms with E-state index in [4.69, 9.17) is 4.74 Å². The molecule has 1 saturated heterocycles. The fraction of sp³-hybridized carbons (Fsp3) is 0.438. The number of aromatic nitrogens is 1. The lowest BCUT2D eigenvalue weighted by Gasteiger charge is -2.30. The van der Waals surface area contributed by atoms with E-state index in [9.17, 15) is 4.79 Å². The molecule has 0 radical (unpaired) electrons. The van der Waals surface area contributed by atoms with Gasteiger partial charge in [0, 0.05) is 43.8 Å². The van der Waals surface area contributed by atoms with Crippen LogP contribution in [0.15, 0.2) is 35.1 Å². The second-order valence-electron chi connectivity index (χ2n) is 5.61. The van der Waals surface area contributed by atoms with Gasteiger partial charge in [0.05, 0.1) is 18.2 Å². The summed E-state index contributed by atoms with van der Waals surface area (Å²) in [5.41, 5.74) is 1.82. The Bertz CT molecular complexity index is 695. The Kier molecular flexibility index (Phi) is 3.94. The minimum atomic E-state index is -0.00196. The molecule has 5 heteroatoms. The Morgan fingerprint density at radius 2 is 2.14 bits per heavy atom. The summed E-state index contributed by atoms with van der Waals surface area (Å²) in [4.78, 5) is 14.3. The van der Waals surface area contributed by atoms with Crippen molar-refractivity contribution in [1.29, 1.82) is 0 Å². The first-order chi connectivity index (χ1) is 10.1. The number of benzene rings is 1. The van der Waals surface area contributed by atoms with Gasteiger partial charge in [0.1, 0.15) is 0 Å². The lowest BCUT2D eigenvalue weighted by atomic mass is 10.1. The second kappa shape index (κ2) is 5.87. The highest BCUT2D eigenvalue weighted by Crippen LogP contribution is 2.21. The van der Waals surface area contributed by atoms with E-state index in [1.54, 1.807) is 17.7 Å². The molecule has 1 aromatic heterocycles. The number of rotatable bonds is 3. The Balaban J connectivity index is 1.84. The first-order valence-corrected chi connectivity index (χ1v) is 7.28. The van der Waals surface area contributed by atoms with E-state index in [0.29, 0.717) is 6.54 Å². The van der Waals surface area contributed by atoms with Crippen LogP contribution in [-0.2, 0) is 11.8 Å². The maximum Gasteiger partial charge on any atom is 0.252 e. The molecule has 0 spiro atoms. The zero-order chi connectivity index (χ0) is 14.8. The molecule has 2 heterocycles. The Labute approximate surface area is 124 Å². The number of aryl methyl sites for hydroxylation is 1. The molecule has 0 bridgehead atoms. The van der Waals surface area contributed by atoms with Gasteiger partial charge in [0.25, 0.3) is 5.56 Å². The predicted molar refractivity (Wildman–Crippen MR) is 84.9 cm³/mol. The zero-order valence-electron chi connectivity index (χ0n) is 12.5. The summed E-state index contributed by atoms with van der Waals surface area (Å²) in [6, 6.07) is 9.60. The number of hydrogen-bond acceptors (Lipinski definition) is 4. The molecule has 1 fully saturated rings. The lowest BCUT2D eigenvalue weighted by molar-refractivity contribution is -0.0117. The van der Waals surface area contributed by atoms with Gasteiger partial charge in [-0.2, -0.15) is 0 Å². The smallest absolute Gasteiger partial charge is 0.252 e. The van der Waals surface area contributed by atoms with Crippen molar-refractivity contribution in [2.75, 3.05) is 38.6 Å². The van der Waals surface area contributed by atoms with Crippen molar-refractivity contribution >= 4 is 16.6 Å². The van der Waals surface area contributed by atoms with Crippen LogP contribution in [0, 0.1) is 0 Å². The number of likely N-dealkylation sites (N-methyl/N-ethyl adjacent to an activating group) is 1. The third-order valence-corrected chi connectivity index (χ3v) is 4.02. The molecule has 1 N–H and O–H groups in total. The minimum Gasteiger partial charge on any atom is -0.382 e. The summed E-state index contributed by atoms with van der Waals surface area (Å²) in [6.07, 6.45) is 0.159. The van der Waals surface area contributed by atoms with Crippen LogP contribution < -0.4 is 10.9 Å². The van der Waals surface area contributed by atoms with Crippen LogP contribution in [0.4, 0.5) is 5.69 Å². The van der Waals surface area contributed by atoms with Crippen molar-refractivity contribution < 1.29 is 4.74 Å². The van der Waals surface area contributed by atoms with Crippen LogP contribution in [0.3, 0.4) is 0 Å². The fourth-order valence-corrected chi connectivity index (χ4v) is 2.77. The minimum absolute atomic E-state index is 0.00196. The summed E-state index contributed by atoms with van der Waals surface area (Å²) in [5.74, 6) is 0. The van der Waals surface area contributed by atoms with Gasteiger partial charge in [-0.1, -0.05) is 18.2 Å². The maximum absolute atomic E-state index is 12.0. The third kappa shape index (κ3) is 2.94. The number of nitrogens with zero attached hydrogens (tertiary/aromatic N) is 2. The predicted octanol–water partition coefficient (Wildman–Crippen LogP) is 1.28. The molecule has 1 unspecified atom stereocenters. The molecular formula is C16H21N3O2. The molecular weight excluding hydrogens is 266 g/mol. The van der Waals surface area contributed by atoms with Crippen LogP contribution in [0.1, 0.15) is 0 Å². The van der Waals surface area contributed by atoms with Gasteiger partial charge in [0.2, 0.25) is 0 Å². The second-order valence-corrected chi connectivity index (χ2v) is 5.61. The van der Waals surface area contributed by atoms with Crippen molar-refractivity contribution in [2.45, 2.75) is 6.10 Å². The molecule has 2 aromatic rings. The zero-order valence-corrected chi connectivity index (χ0v) is 12.5. The van der Waals surface area contributed by atoms with E-state index in [-0.39, 0.29) is 11.7 Å². The first kappa shape index (κ1) is 14.1. The quantitative estimate of drug-likeness (QED) is 0.924. The maximum atomic E-state index is 12.0. The van der Waals surface area contributed by atoms with E-state index in [2.05, 4.69) is 17.3 Å². The van der Waals surface area contributed by atoms with E-state index in [1.165, 1.54) is 0 Å². The third-order valence-electron chi connectivity index (χ3n) is 4.02. The lowest BCUT2D eigenvalue weighted by Crippen LogP contribution is -2.43. The molecule has 112 valence electrons. The summed E-state index contributed by atoms with van der Waals surface area (Å²) in [5, 5.41) is 4.44. The van der Waals surface area contributed by atoms with Crippen molar-refractivity contribution in [1.82, 2.24) is 9.47 Å². The molecule has 0 aliphatic carbocycles. The van der Waals surface area contributed by atoms with E-state index < -0.39 is 0 Å². The van der Waals surface area contributed by atoms with Crippen LogP contribution in [0.25, 0.3) is 10.9 Å². The summed E-state index contributed by atoms with van der Waals surface area (Å²) >= 11 is 0. The van der Waals surface area contributed by atoms with Crippen molar-refractivity contribution in [3.8, 4) is 0 Å². The molecule has 1 atom stereocenters. The van der Waals surface area contributed by atoms with Gasteiger partial charge in [-0.3, -0.25) is 4.79 Å². The molecule has 5 nitrogen and oxygen atoms in total. The van der Waals surface area contributed by atoms with Crippen molar-refractivity contribution in [3.05, 3.63) is 40.7 Å². The van der Waals surface area contributed by atoms with E-state index in [1.807, 2.05) is 24.3 Å². The Morgan fingerprint density at radius 3 is 2.95 bits per heavy atom. The van der Waals surface area contributed by atoms with Crippen LogP contribution >= 0.6 is 0 Å². The molecule has 1 aromatic carbocycles. The van der Waals surface area contributed by atoms with Crippen LogP contribution in [-0.4, -0.2) is 48.9 Å². The summed E-state index contributed by atoms with van der Waals surface area (Å²) < 4.78 is 7.42. The van der Waals surface area contributed by atoms with Gasteiger partial charge in [-0.05, 0) is 13.1 Å². The largest absolute Gasteiger partial charge is 0.382 e. The molecule has 3 rings (SSSR count). The van der Waals surface area contributed by atoms with Gasteiger partial charge < -0.3 is 19.5 Å². The topological polar surface area (TPSA) is 46.5 Å². The summed E-state index contributed by atoms with van der Waals surface area (Å²) in [7, 11) is 3.90. The highest BCUT2D eigenvalue weighted by atomic mass is 16.5. The van der Waals surface area contributed by atoms with Crippen LogP contribution in [0.5, 0.6) is 0 Å². The van der Waals surface area contributed by atoms with Gasteiger partial charge in [-0.25, -0.2) is 0 Å². The monoisotopic (exact) mass is 287 g/mol. The number of pyridine rings is 1. The van der Waals surface area contributed by atoms with Crippen molar-refractivity contribution in [2.24, 2.45) is 7.05 Å². The standard InChI is InChI=1S/C16H21N3O2/c1-18-7-8-21-12(11-18)10-17-14-9-16(20)19(2)15-6-4-3-5-13(14)15/h3-6,9,12,17H,7-8,10-11H2,1-2H3. The Morgan fingerprint density at radius 1 is 1.33 bits per heavy atom. The highest BCUT2D eigenvalue weighted by Gasteiger charge is 2.17. The molecule has 1 aliphatic heterocycles. The number of fused-ring (bicyclic) bond motifs is 1. The Hall–Kier alpha value is -1.85. The molecule has 0 amide bonds. The average molecular weight is 287 g/mol. The average Bonchev–Trinajstić information content (AvgIpc) is 2.50. The highest BCUT2D eigenvalue weighted by molar-refractivity contribution is 5.91. The van der Waals surface area contributed by atoms with Gasteiger partial charge in [0.15, 0.2) is 0 Å². The first-order valence-electron chi connectivity index (χ1n) is 7.28. The SMILES string of the molecule is CN1CCOC(CNc2cc(=O)n(C)c3ccccc23)C1. The van der Waals surface area contributed by atoms with E-state index >= 15 is 0 Å². The number of para-hydroxylation sites is 1. The molecule has 0 saturated carbocycles. The fourth-order valence-electron chi connectivity index (χ4n) is 2.77. The number of hydrogen-bond donors (Lipinski definition) is 1.